The van der Waals surface area contributed by atoms with Crippen molar-refractivity contribution in [2.75, 3.05) is 5.32 Å². The molecule has 3 aromatic rings. The first-order chi connectivity index (χ1) is 12.1. The Morgan fingerprint density at radius 2 is 1.80 bits per heavy atom. The molecule has 1 heterocycles. The lowest BCUT2D eigenvalue weighted by atomic mass is 10.2. The molecule has 3 rings (SSSR count). The maximum Gasteiger partial charge on any atom is 0.338 e. The second-order valence-corrected chi connectivity index (χ2v) is 5.18. The van der Waals surface area contributed by atoms with E-state index in [0.29, 0.717) is 17.1 Å². The number of hydrogen-bond donors (Lipinski definition) is 1. The lowest BCUT2D eigenvalue weighted by Crippen LogP contribution is -2.10. The van der Waals surface area contributed by atoms with Crippen molar-refractivity contribution in [2.45, 2.75) is 13.5 Å². The van der Waals surface area contributed by atoms with E-state index in [0.717, 1.165) is 5.69 Å². The van der Waals surface area contributed by atoms with Gasteiger partial charge in [-0.25, -0.2) is 4.79 Å². The Balaban J connectivity index is 1.65. The number of benzene rings is 2. The fourth-order valence-electron chi connectivity index (χ4n) is 2.17. The monoisotopic (exact) mass is 337 g/mol. The van der Waals surface area contributed by atoms with Gasteiger partial charge < -0.3 is 10.1 Å². The van der Waals surface area contributed by atoms with Gasteiger partial charge in [0.05, 0.1) is 11.3 Å². The van der Waals surface area contributed by atoms with Crippen LogP contribution in [-0.4, -0.2) is 32.1 Å². The summed E-state index contributed by atoms with van der Waals surface area (Å²) in [5.41, 5.74) is 1.75. The Kier molecular flexibility index (Phi) is 4.79. The topological polar surface area (TPSA) is 99.0 Å². The van der Waals surface area contributed by atoms with Crippen LogP contribution in [0.2, 0.25) is 0 Å². The molecule has 0 spiro atoms. The average Bonchev–Trinajstić information content (AvgIpc) is 3.09. The molecule has 0 fully saturated rings. The van der Waals surface area contributed by atoms with E-state index in [1.165, 1.54) is 11.6 Å². The molecule has 1 N–H and O–H groups in total. The highest BCUT2D eigenvalue weighted by molar-refractivity contribution is 5.92. The summed E-state index contributed by atoms with van der Waals surface area (Å²) in [6.45, 7) is 1.35. The van der Waals surface area contributed by atoms with E-state index < -0.39 is 5.97 Å². The van der Waals surface area contributed by atoms with Crippen molar-refractivity contribution in [3.8, 4) is 5.69 Å². The number of para-hydroxylation sites is 1. The molecule has 126 valence electrons. The number of rotatable bonds is 5. The second-order valence-electron chi connectivity index (χ2n) is 5.18. The molecule has 0 radical (unpaired) electrons. The van der Waals surface area contributed by atoms with Crippen molar-refractivity contribution >= 4 is 17.6 Å². The van der Waals surface area contributed by atoms with Gasteiger partial charge in [-0.15, -0.1) is 5.10 Å². The Bertz CT molecular complexity index is 875. The maximum absolute atomic E-state index is 12.1. The number of tetrazole rings is 1. The quantitative estimate of drug-likeness (QED) is 0.715. The summed E-state index contributed by atoms with van der Waals surface area (Å²) in [5, 5.41) is 14.0. The van der Waals surface area contributed by atoms with Crippen LogP contribution in [0.3, 0.4) is 0 Å². The molecular formula is C17H15N5O3. The molecule has 0 aliphatic carbocycles. The van der Waals surface area contributed by atoms with Gasteiger partial charge in [0.15, 0.2) is 12.4 Å². The zero-order valence-electron chi connectivity index (χ0n) is 13.4. The highest BCUT2D eigenvalue weighted by atomic mass is 16.5. The van der Waals surface area contributed by atoms with Crippen molar-refractivity contribution in [3.05, 3.63) is 66.0 Å². The van der Waals surface area contributed by atoms with E-state index in [4.69, 9.17) is 4.74 Å². The summed E-state index contributed by atoms with van der Waals surface area (Å²) < 4.78 is 6.77. The zero-order chi connectivity index (χ0) is 17.6. The first kappa shape index (κ1) is 16.3. The summed E-state index contributed by atoms with van der Waals surface area (Å²) in [7, 11) is 0. The molecular weight excluding hydrogens is 322 g/mol. The molecule has 8 heteroatoms. The molecule has 0 bridgehead atoms. The molecule has 8 nitrogen and oxygen atoms in total. The minimum Gasteiger partial charge on any atom is -0.454 e. The number of ether oxygens (including phenoxy) is 1. The predicted molar refractivity (Wildman–Crippen MR) is 89.0 cm³/mol. The van der Waals surface area contributed by atoms with Crippen LogP contribution >= 0.6 is 0 Å². The van der Waals surface area contributed by atoms with Crippen LogP contribution < -0.4 is 5.32 Å². The first-order valence-electron chi connectivity index (χ1n) is 7.51. The lowest BCUT2D eigenvalue weighted by molar-refractivity contribution is -0.114. The Morgan fingerprint density at radius 1 is 1.08 bits per heavy atom. The Hall–Kier alpha value is -3.55. The van der Waals surface area contributed by atoms with Crippen molar-refractivity contribution in [1.29, 1.82) is 0 Å². The van der Waals surface area contributed by atoms with E-state index in [2.05, 4.69) is 20.8 Å². The Labute approximate surface area is 143 Å². The van der Waals surface area contributed by atoms with Crippen LogP contribution in [0.15, 0.2) is 54.6 Å². The van der Waals surface area contributed by atoms with E-state index in [-0.39, 0.29) is 12.5 Å². The van der Waals surface area contributed by atoms with Gasteiger partial charge in [0.25, 0.3) is 0 Å². The van der Waals surface area contributed by atoms with Crippen molar-refractivity contribution in [3.63, 3.8) is 0 Å². The number of nitrogens with one attached hydrogen (secondary N) is 1. The summed E-state index contributed by atoms with van der Waals surface area (Å²) >= 11 is 0. The average molecular weight is 337 g/mol. The third-order valence-corrected chi connectivity index (χ3v) is 3.31. The molecule has 0 aliphatic rings. The van der Waals surface area contributed by atoms with Gasteiger partial charge in [-0.05, 0) is 46.8 Å². The molecule has 0 aliphatic heterocycles. The molecule has 2 aromatic carbocycles. The number of aromatic nitrogens is 4. The van der Waals surface area contributed by atoms with E-state index in [9.17, 15) is 9.59 Å². The molecule has 25 heavy (non-hydrogen) atoms. The van der Waals surface area contributed by atoms with Gasteiger partial charge in [0.2, 0.25) is 5.91 Å². The van der Waals surface area contributed by atoms with E-state index >= 15 is 0 Å². The number of carbonyl (C=O) groups excluding carboxylic acids is 2. The zero-order valence-corrected chi connectivity index (χ0v) is 13.4. The van der Waals surface area contributed by atoms with Crippen LogP contribution in [0.5, 0.6) is 0 Å². The molecule has 1 amide bonds. The predicted octanol–water partition coefficient (Wildman–Crippen LogP) is 1.98. The molecule has 1 aromatic heterocycles. The summed E-state index contributed by atoms with van der Waals surface area (Å²) in [6, 6.07) is 15.7. The van der Waals surface area contributed by atoms with Gasteiger partial charge in [-0.3, -0.25) is 4.79 Å². The van der Waals surface area contributed by atoms with Gasteiger partial charge >= 0.3 is 5.97 Å². The number of hydrogen-bond acceptors (Lipinski definition) is 6. The summed E-state index contributed by atoms with van der Waals surface area (Å²) in [6.07, 6.45) is 0. The van der Waals surface area contributed by atoms with E-state index in [1.54, 1.807) is 24.3 Å². The maximum atomic E-state index is 12.1. The number of amides is 1. The number of esters is 1. The van der Waals surface area contributed by atoms with Gasteiger partial charge in [0, 0.05) is 12.6 Å². The van der Waals surface area contributed by atoms with Gasteiger partial charge in [0.1, 0.15) is 0 Å². The third kappa shape index (κ3) is 4.05. The number of nitrogens with zero attached hydrogens (tertiary/aromatic N) is 4. The second kappa shape index (κ2) is 7.35. The molecule has 0 atom stereocenters. The fraction of sp³-hybridized carbons (Fsp3) is 0.118. The highest BCUT2D eigenvalue weighted by Crippen LogP contribution is 2.12. The largest absolute Gasteiger partial charge is 0.454 e. The van der Waals surface area contributed by atoms with E-state index in [1.807, 2.05) is 30.3 Å². The highest BCUT2D eigenvalue weighted by Gasteiger charge is 2.12. The van der Waals surface area contributed by atoms with Crippen LogP contribution in [0.4, 0.5) is 5.69 Å². The first-order valence-corrected chi connectivity index (χ1v) is 7.51. The normalized spacial score (nSPS) is 10.3. The van der Waals surface area contributed by atoms with Crippen molar-refractivity contribution in [1.82, 2.24) is 20.2 Å². The van der Waals surface area contributed by atoms with Gasteiger partial charge in [-0.2, -0.15) is 4.68 Å². The minimum atomic E-state index is -0.503. The number of carbonyl (C=O) groups is 2. The lowest BCUT2D eigenvalue weighted by Gasteiger charge is -2.07. The van der Waals surface area contributed by atoms with Crippen LogP contribution in [0.25, 0.3) is 5.69 Å². The SMILES string of the molecule is CC(=O)Nc1ccc(C(=O)OCc2nnnn2-c2ccccc2)cc1. The third-order valence-electron chi connectivity index (χ3n) is 3.31. The fourth-order valence-corrected chi connectivity index (χ4v) is 2.17. The minimum absolute atomic E-state index is 0.0613. The van der Waals surface area contributed by atoms with Crippen molar-refractivity contribution < 1.29 is 14.3 Å². The van der Waals surface area contributed by atoms with Gasteiger partial charge in [-0.1, -0.05) is 18.2 Å². The number of anilines is 1. The summed E-state index contributed by atoms with van der Waals surface area (Å²) in [4.78, 5) is 23.1. The standard InChI is InChI=1S/C17H15N5O3/c1-12(23)18-14-9-7-13(8-10-14)17(24)25-11-16-19-20-21-22(16)15-5-3-2-4-6-15/h2-10H,11H2,1H3,(H,18,23). The molecule has 0 unspecified atom stereocenters. The Morgan fingerprint density at radius 3 is 2.48 bits per heavy atom. The molecule has 0 saturated carbocycles. The van der Waals surface area contributed by atoms with Crippen LogP contribution in [-0.2, 0) is 16.1 Å². The van der Waals surface area contributed by atoms with Crippen LogP contribution in [0.1, 0.15) is 23.1 Å². The van der Waals surface area contributed by atoms with Crippen molar-refractivity contribution in [2.24, 2.45) is 0 Å². The van der Waals surface area contributed by atoms with Crippen LogP contribution in [0, 0.1) is 0 Å². The smallest absolute Gasteiger partial charge is 0.338 e. The molecule has 0 saturated heterocycles. The summed E-state index contributed by atoms with van der Waals surface area (Å²) in [5.74, 6) is -0.269.